The second-order valence-electron chi connectivity index (χ2n) is 4.11. The number of aromatic nitrogens is 1. The highest BCUT2D eigenvalue weighted by Crippen LogP contribution is 2.15. The Kier molecular flexibility index (Phi) is 3.12. The van der Waals surface area contributed by atoms with E-state index in [1.54, 1.807) is 0 Å². The number of hydrogen-bond acceptors (Lipinski definition) is 3. The number of fused-ring (bicyclic) bond motifs is 1. The lowest BCUT2D eigenvalue weighted by atomic mass is 10.1. The average Bonchev–Trinajstić information content (AvgIpc) is 2.69. The first-order valence-corrected chi connectivity index (χ1v) is 5.38. The summed E-state index contributed by atoms with van der Waals surface area (Å²) in [6, 6.07) is 8.15. The normalized spacial score (nSPS) is 14.7. The van der Waals surface area contributed by atoms with Gasteiger partial charge in [-0.1, -0.05) is 18.2 Å². The van der Waals surface area contributed by atoms with Crippen molar-refractivity contribution in [3.05, 3.63) is 36.0 Å². The Morgan fingerprint density at radius 3 is 2.71 bits per heavy atom. The van der Waals surface area contributed by atoms with Gasteiger partial charge in [0, 0.05) is 23.7 Å². The van der Waals surface area contributed by atoms with Crippen LogP contribution in [-0.4, -0.2) is 28.1 Å². The maximum absolute atomic E-state index is 10.7. The van der Waals surface area contributed by atoms with Crippen LogP contribution in [0.2, 0.25) is 0 Å². The van der Waals surface area contributed by atoms with E-state index < -0.39 is 18.1 Å². The SMILES string of the molecule is NC(Cc1cc2ccccc2[nH]1)C(N)C(=O)O. The van der Waals surface area contributed by atoms with Gasteiger partial charge in [0.2, 0.25) is 0 Å². The summed E-state index contributed by atoms with van der Waals surface area (Å²) in [5.74, 6) is -1.08. The molecule has 0 bridgehead atoms. The van der Waals surface area contributed by atoms with Gasteiger partial charge in [-0.15, -0.1) is 0 Å². The number of nitrogens with one attached hydrogen (secondary N) is 1. The van der Waals surface area contributed by atoms with E-state index in [1.165, 1.54) is 0 Å². The first kappa shape index (κ1) is 11.6. The van der Waals surface area contributed by atoms with Crippen LogP contribution in [0.15, 0.2) is 30.3 Å². The van der Waals surface area contributed by atoms with E-state index in [0.717, 1.165) is 16.6 Å². The molecule has 90 valence electrons. The van der Waals surface area contributed by atoms with E-state index in [1.807, 2.05) is 30.3 Å². The van der Waals surface area contributed by atoms with Crippen LogP contribution in [0.5, 0.6) is 0 Å². The Morgan fingerprint density at radius 2 is 2.06 bits per heavy atom. The quantitative estimate of drug-likeness (QED) is 0.615. The van der Waals surface area contributed by atoms with E-state index in [2.05, 4.69) is 4.98 Å². The molecule has 0 saturated heterocycles. The first-order valence-electron chi connectivity index (χ1n) is 5.38. The molecular weight excluding hydrogens is 218 g/mol. The molecule has 2 aromatic rings. The number of aliphatic carboxylic acids is 1. The number of rotatable bonds is 4. The zero-order valence-electron chi connectivity index (χ0n) is 9.26. The molecule has 0 radical (unpaired) electrons. The van der Waals surface area contributed by atoms with Gasteiger partial charge in [0.25, 0.3) is 0 Å². The zero-order chi connectivity index (χ0) is 12.4. The van der Waals surface area contributed by atoms with Gasteiger partial charge < -0.3 is 21.6 Å². The van der Waals surface area contributed by atoms with Crippen LogP contribution in [0, 0.1) is 0 Å². The third-order valence-electron chi connectivity index (χ3n) is 2.79. The van der Waals surface area contributed by atoms with Crippen molar-refractivity contribution in [1.29, 1.82) is 0 Å². The van der Waals surface area contributed by atoms with Crippen LogP contribution in [0.1, 0.15) is 5.69 Å². The van der Waals surface area contributed by atoms with Crippen molar-refractivity contribution in [2.75, 3.05) is 0 Å². The highest BCUT2D eigenvalue weighted by atomic mass is 16.4. The molecule has 2 unspecified atom stereocenters. The number of carboxylic acids is 1. The van der Waals surface area contributed by atoms with Gasteiger partial charge in [0.05, 0.1) is 0 Å². The topological polar surface area (TPSA) is 105 Å². The molecule has 1 heterocycles. The molecule has 17 heavy (non-hydrogen) atoms. The Morgan fingerprint density at radius 1 is 1.35 bits per heavy atom. The minimum Gasteiger partial charge on any atom is -0.480 e. The lowest BCUT2D eigenvalue weighted by molar-refractivity contribution is -0.139. The predicted molar refractivity (Wildman–Crippen MR) is 65.6 cm³/mol. The van der Waals surface area contributed by atoms with E-state index in [4.69, 9.17) is 16.6 Å². The van der Waals surface area contributed by atoms with Gasteiger partial charge in [-0.3, -0.25) is 4.79 Å². The van der Waals surface area contributed by atoms with Gasteiger partial charge >= 0.3 is 5.97 Å². The summed E-state index contributed by atoms with van der Waals surface area (Å²) in [5.41, 5.74) is 13.1. The van der Waals surface area contributed by atoms with Crippen LogP contribution >= 0.6 is 0 Å². The lowest BCUT2D eigenvalue weighted by Crippen LogP contribution is -2.48. The molecular formula is C12H15N3O2. The molecule has 5 heteroatoms. The van der Waals surface area contributed by atoms with Crippen molar-refractivity contribution in [1.82, 2.24) is 4.98 Å². The van der Waals surface area contributed by atoms with E-state index >= 15 is 0 Å². The maximum Gasteiger partial charge on any atom is 0.322 e. The van der Waals surface area contributed by atoms with Crippen molar-refractivity contribution in [3.8, 4) is 0 Å². The minimum atomic E-state index is -1.08. The van der Waals surface area contributed by atoms with Crippen molar-refractivity contribution in [2.45, 2.75) is 18.5 Å². The molecule has 2 atom stereocenters. The number of benzene rings is 1. The summed E-state index contributed by atoms with van der Waals surface area (Å²) < 4.78 is 0. The Hall–Kier alpha value is -1.85. The number of hydrogen-bond donors (Lipinski definition) is 4. The summed E-state index contributed by atoms with van der Waals surface area (Å²) in [6.07, 6.45) is 0.419. The first-order chi connectivity index (χ1) is 8.08. The standard InChI is InChI=1S/C12H15N3O2/c13-9(11(14)12(16)17)6-8-5-7-3-1-2-4-10(7)15-8/h1-5,9,11,15H,6,13-14H2,(H,16,17). The Labute approximate surface area is 98.4 Å². The highest BCUT2D eigenvalue weighted by Gasteiger charge is 2.21. The van der Waals surface area contributed by atoms with E-state index in [9.17, 15) is 4.79 Å². The van der Waals surface area contributed by atoms with Crippen molar-refractivity contribution >= 4 is 16.9 Å². The number of carbonyl (C=O) groups is 1. The van der Waals surface area contributed by atoms with Crippen molar-refractivity contribution < 1.29 is 9.90 Å². The van der Waals surface area contributed by atoms with Crippen molar-refractivity contribution in [3.63, 3.8) is 0 Å². The Bertz CT molecular complexity index is 502. The van der Waals surface area contributed by atoms with Crippen LogP contribution in [0.3, 0.4) is 0 Å². The fourth-order valence-electron chi connectivity index (χ4n) is 1.81. The predicted octanol–water partition coefficient (Wildman–Crippen LogP) is 0.450. The molecule has 5 nitrogen and oxygen atoms in total. The molecule has 0 amide bonds. The van der Waals surface area contributed by atoms with Crippen LogP contribution in [0.25, 0.3) is 10.9 Å². The molecule has 6 N–H and O–H groups in total. The third kappa shape index (κ3) is 2.46. The minimum absolute atomic E-state index is 0.419. The number of para-hydroxylation sites is 1. The van der Waals surface area contributed by atoms with Gasteiger partial charge in [0.15, 0.2) is 0 Å². The van der Waals surface area contributed by atoms with Crippen molar-refractivity contribution in [2.24, 2.45) is 11.5 Å². The molecule has 0 aliphatic carbocycles. The highest BCUT2D eigenvalue weighted by molar-refractivity contribution is 5.80. The fraction of sp³-hybridized carbons (Fsp3) is 0.250. The molecule has 2 rings (SSSR count). The summed E-state index contributed by atoms with van der Waals surface area (Å²) in [5, 5.41) is 9.84. The zero-order valence-corrected chi connectivity index (χ0v) is 9.26. The van der Waals surface area contributed by atoms with Gasteiger partial charge in [0.1, 0.15) is 6.04 Å². The molecule has 1 aromatic heterocycles. The van der Waals surface area contributed by atoms with Gasteiger partial charge in [-0.2, -0.15) is 0 Å². The number of carboxylic acid groups (broad SMARTS) is 1. The summed E-state index contributed by atoms with van der Waals surface area (Å²) in [6.45, 7) is 0. The molecule has 1 aromatic carbocycles. The number of aromatic amines is 1. The third-order valence-corrected chi connectivity index (χ3v) is 2.79. The monoisotopic (exact) mass is 233 g/mol. The Balaban J connectivity index is 2.15. The summed E-state index contributed by atoms with van der Waals surface area (Å²) in [7, 11) is 0. The summed E-state index contributed by atoms with van der Waals surface area (Å²) >= 11 is 0. The molecule has 0 aliphatic heterocycles. The lowest BCUT2D eigenvalue weighted by Gasteiger charge is -2.14. The van der Waals surface area contributed by atoms with Crippen LogP contribution in [-0.2, 0) is 11.2 Å². The molecule has 0 aliphatic rings. The second-order valence-corrected chi connectivity index (χ2v) is 4.11. The second kappa shape index (κ2) is 4.57. The number of nitrogens with two attached hydrogens (primary N) is 2. The molecule has 0 spiro atoms. The molecule has 0 fully saturated rings. The fourth-order valence-corrected chi connectivity index (χ4v) is 1.81. The van der Waals surface area contributed by atoms with Gasteiger partial charge in [-0.25, -0.2) is 0 Å². The smallest absolute Gasteiger partial charge is 0.322 e. The summed E-state index contributed by atoms with van der Waals surface area (Å²) in [4.78, 5) is 13.9. The van der Waals surface area contributed by atoms with Crippen LogP contribution < -0.4 is 11.5 Å². The van der Waals surface area contributed by atoms with E-state index in [0.29, 0.717) is 6.42 Å². The van der Waals surface area contributed by atoms with Crippen LogP contribution in [0.4, 0.5) is 0 Å². The van der Waals surface area contributed by atoms with Gasteiger partial charge in [-0.05, 0) is 17.5 Å². The maximum atomic E-state index is 10.7. The number of H-pyrrole nitrogens is 1. The molecule has 0 saturated carbocycles. The largest absolute Gasteiger partial charge is 0.480 e. The average molecular weight is 233 g/mol. The van der Waals surface area contributed by atoms with E-state index in [-0.39, 0.29) is 0 Å².